The molecule has 1 N–H and O–H groups in total. The Kier molecular flexibility index (Phi) is 6.86. The molecule has 1 aromatic carbocycles. The maximum atomic E-state index is 5.60. The third-order valence-electron chi connectivity index (χ3n) is 2.76. The predicted octanol–water partition coefficient (Wildman–Crippen LogP) is 2.39. The summed E-state index contributed by atoms with van der Waals surface area (Å²) in [6.45, 7) is 3.57. The van der Waals surface area contributed by atoms with Gasteiger partial charge in [0.05, 0.1) is 18.8 Å². The fraction of sp³-hybridized carbons (Fsp3) is 0.571. The van der Waals surface area contributed by atoms with E-state index in [0.29, 0.717) is 6.61 Å². The van der Waals surface area contributed by atoms with Gasteiger partial charge >= 0.3 is 0 Å². The van der Waals surface area contributed by atoms with Gasteiger partial charge in [0.25, 0.3) is 0 Å². The van der Waals surface area contributed by atoms with Gasteiger partial charge in [-0.25, -0.2) is 0 Å². The highest BCUT2D eigenvalue weighted by Crippen LogP contribution is 2.20. The average molecular weight is 237 g/mol. The van der Waals surface area contributed by atoms with Crippen LogP contribution in [-0.2, 0) is 9.47 Å². The Labute approximate surface area is 104 Å². The van der Waals surface area contributed by atoms with Crippen LogP contribution in [0.25, 0.3) is 0 Å². The Morgan fingerprint density at radius 2 is 1.94 bits per heavy atom. The normalized spacial score (nSPS) is 14.5. The van der Waals surface area contributed by atoms with Gasteiger partial charge in [-0.1, -0.05) is 37.3 Å². The number of hydrogen-bond acceptors (Lipinski definition) is 3. The number of benzene rings is 1. The van der Waals surface area contributed by atoms with Crippen molar-refractivity contribution in [2.45, 2.75) is 25.5 Å². The Morgan fingerprint density at radius 3 is 2.47 bits per heavy atom. The van der Waals surface area contributed by atoms with Crippen LogP contribution in [0.3, 0.4) is 0 Å². The summed E-state index contributed by atoms with van der Waals surface area (Å²) in [6, 6.07) is 10.4. The van der Waals surface area contributed by atoms with Crippen molar-refractivity contribution >= 4 is 0 Å². The van der Waals surface area contributed by atoms with Gasteiger partial charge in [-0.15, -0.1) is 0 Å². The summed E-state index contributed by atoms with van der Waals surface area (Å²) in [6.07, 6.45) is 1.07. The maximum Gasteiger partial charge on any atom is 0.0996 e. The fourth-order valence-corrected chi connectivity index (χ4v) is 1.85. The van der Waals surface area contributed by atoms with Crippen LogP contribution in [0.1, 0.15) is 25.0 Å². The van der Waals surface area contributed by atoms with Crippen molar-refractivity contribution in [3.05, 3.63) is 35.9 Å². The molecule has 1 aromatic rings. The molecule has 0 saturated heterocycles. The van der Waals surface area contributed by atoms with E-state index >= 15 is 0 Å². The van der Waals surface area contributed by atoms with Gasteiger partial charge in [0.1, 0.15) is 0 Å². The Morgan fingerprint density at radius 1 is 1.24 bits per heavy atom. The van der Waals surface area contributed by atoms with E-state index in [1.54, 1.807) is 7.11 Å². The molecule has 0 amide bonds. The first-order valence-corrected chi connectivity index (χ1v) is 6.16. The molecule has 2 unspecified atom stereocenters. The minimum atomic E-state index is 0.0260. The third kappa shape index (κ3) is 4.46. The largest absolute Gasteiger partial charge is 0.380 e. The zero-order valence-corrected chi connectivity index (χ0v) is 11.0. The lowest BCUT2D eigenvalue weighted by Crippen LogP contribution is -2.37. The molecule has 0 aliphatic rings. The molecule has 0 heterocycles. The summed E-state index contributed by atoms with van der Waals surface area (Å²) in [5, 5.41) is 3.26. The minimum Gasteiger partial charge on any atom is -0.380 e. The molecular weight excluding hydrogens is 214 g/mol. The van der Waals surface area contributed by atoms with Crippen molar-refractivity contribution in [2.75, 3.05) is 27.4 Å². The molecule has 96 valence electrons. The Bertz CT molecular complexity index is 290. The number of hydrogen-bond donors (Lipinski definition) is 1. The van der Waals surface area contributed by atoms with Gasteiger partial charge in [-0.05, 0) is 19.0 Å². The second-order valence-corrected chi connectivity index (χ2v) is 4.04. The van der Waals surface area contributed by atoms with Crippen LogP contribution in [0.15, 0.2) is 30.3 Å². The van der Waals surface area contributed by atoms with Gasteiger partial charge in [0.2, 0.25) is 0 Å². The lowest BCUT2D eigenvalue weighted by atomic mass is 10.0. The molecule has 17 heavy (non-hydrogen) atoms. The van der Waals surface area contributed by atoms with E-state index in [-0.39, 0.29) is 12.1 Å². The SMILES string of the molecule is CCCOCC(NC)C(OC)c1ccccc1. The van der Waals surface area contributed by atoms with Crippen molar-refractivity contribution in [1.82, 2.24) is 5.32 Å². The quantitative estimate of drug-likeness (QED) is 0.704. The molecule has 0 saturated carbocycles. The molecule has 0 aromatic heterocycles. The minimum absolute atomic E-state index is 0.0260. The van der Waals surface area contributed by atoms with E-state index in [1.807, 2.05) is 25.2 Å². The van der Waals surface area contributed by atoms with Gasteiger partial charge in [0, 0.05) is 13.7 Å². The van der Waals surface area contributed by atoms with Crippen LogP contribution in [0.2, 0.25) is 0 Å². The molecule has 0 aliphatic heterocycles. The Balaban J connectivity index is 2.63. The van der Waals surface area contributed by atoms with Crippen LogP contribution in [0, 0.1) is 0 Å². The summed E-state index contributed by atoms with van der Waals surface area (Å²) in [5.41, 5.74) is 1.18. The number of methoxy groups -OCH3 is 1. The number of likely N-dealkylation sites (N-methyl/N-ethyl adjacent to an activating group) is 1. The highest BCUT2D eigenvalue weighted by molar-refractivity contribution is 5.19. The first-order chi connectivity index (χ1) is 8.33. The van der Waals surface area contributed by atoms with Crippen LogP contribution in [0.5, 0.6) is 0 Å². The highest BCUT2D eigenvalue weighted by Gasteiger charge is 2.21. The van der Waals surface area contributed by atoms with E-state index < -0.39 is 0 Å². The van der Waals surface area contributed by atoms with Gasteiger partial charge in [0.15, 0.2) is 0 Å². The molecule has 0 spiro atoms. The Hall–Kier alpha value is -0.900. The molecular formula is C14H23NO2. The average Bonchev–Trinajstić information content (AvgIpc) is 2.39. The van der Waals surface area contributed by atoms with Gasteiger partial charge in [-0.2, -0.15) is 0 Å². The molecule has 3 heteroatoms. The van der Waals surface area contributed by atoms with E-state index in [1.165, 1.54) is 5.56 Å². The number of nitrogens with one attached hydrogen (secondary N) is 1. The van der Waals surface area contributed by atoms with E-state index in [0.717, 1.165) is 13.0 Å². The van der Waals surface area contributed by atoms with E-state index in [2.05, 4.69) is 24.4 Å². The summed E-state index contributed by atoms with van der Waals surface area (Å²) < 4.78 is 11.2. The van der Waals surface area contributed by atoms with Gasteiger partial charge < -0.3 is 14.8 Å². The number of ether oxygens (including phenoxy) is 2. The fourth-order valence-electron chi connectivity index (χ4n) is 1.85. The standard InChI is InChI=1S/C14H23NO2/c1-4-10-17-11-13(15-2)14(16-3)12-8-6-5-7-9-12/h5-9,13-15H,4,10-11H2,1-3H3. The first kappa shape index (κ1) is 14.2. The van der Waals surface area contributed by atoms with E-state index in [4.69, 9.17) is 9.47 Å². The second kappa shape index (κ2) is 8.23. The third-order valence-corrected chi connectivity index (χ3v) is 2.76. The van der Waals surface area contributed by atoms with Crippen molar-refractivity contribution in [3.63, 3.8) is 0 Å². The molecule has 0 bridgehead atoms. The smallest absolute Gasteiger partial charge is 0.0996 e. The molecule has 0 aliphatic carbocycles. The van der Waals surface area contributed by atoms with Crippen LogP contribution < -0.4 is 5.32 Å². The lowest BCUT2D eigenvalue weighted by Gasteiger charge is -2.26. The summed E-state index contributed by atoms with van der Waals surface area (Å²) in [4.78, 5) is 0. The lowest BCUT2D eigenvalue weighted by molar-refractivity contribution is 0.0227. The van der Waals surface area contributed by atoms with Crippen molar-refractivity contribution in [1.29, 1.82) is 0 Å². The van der Waals surface area contributed by atoms with Crippen LogP contribution >= 0.6 is 0 Å². The molecule has 0 fully saturated rings. The number of rotatable bonds is 8. The van der Waals surface area contributed by atoms with Crippen molar-refractivity contribution in [3.8, 4) is 0 Å². The van der Waals surface area contributed by atoms with Crippen LogP contribution in [0.4, 0.5) is 0 Å². The predicted molar refractivity (Wildman–Crippen MR) is 70.1 cm³/mol. The molecule has 1 rings (SSSR count). The first-order valence-electron chi connectivity index (χ1n) is 6.16. The van der Waals surface area contributed by atoms with Gasteiger partial charge in [-0.3, -0.25) is 0 Å². The molecule has 0 radical (unpaired) electrons. The molecule has 2 atom stereocenters. The van der Waals surface area contributed by atoms with Crippen LogP contribution in [-0.4, -0.2) is 33.4 Å². The topological polar surface area (TPSA) is 30.5 Å². The zero-order valence-electron chi connectivity index (χ0n) is 11.0. The van der Waals surface area contributed by atoms with E-state index in [9.17, 15) is 0 Å². The maximum absolute atomic E-state index is 5.60. The van der Waals surface area contributed by atoms with Crippen molar-refractivity contribution < 1.29 is 9.47 Å². The zero-order chi connectivity index (χ0) is 12.5. The summed E-state index contributed by atoms with van der Waals surface area (Å²) >= 11 is 0. The summed E-state index contributed by atoms with van der Waals surface area (Å²) in [7, 11) is 3.68. The summed E-state index contributed by atoms with van der Waals surface area (Å²) in [5.74, 6) is 0. The highest BCUT2D eigenvalue weighted by atomic mass is 16.5. The second-order valence-electron chi connectivity index (χ2n) is 4.04. The monoisotopic (exact) mass is 237 g/mol. The van der Waals surface area contributed by atoms with Crippen molar-refractivity contribution in [2.24, 2.45) is 0 Å². The molecule has 3 nitrogen and oxygen atoms in total.